The molecule has 17 heavy (non-hydrogen) atoms. The van der Waals surface area contributed by atoms with Crippen molar-refractivity contribution in [3.63, 3.8) is 0 Å². The van der Waals surface area contributed by atoms with Gasteiger partial charge in [-0.25, -0.2) is 4.39 Å². The highest BCUT2D eigenvalue weighted by molar-refractivity contribution is 8.06. The Morgan fingerprint density at radius 3 is 2.94 bits per heavy atom. The van der Waals surface area contributed by atoms with Gasteiger partial charge in [-0.2, -0.15) is 23.5 Å². The zero-order valence-electron chi connectivity index (χ0n) is 9.69. The van der Waals surface area contributed by atoms with Crippen molar-refractivity contribution in [1.29, 1.82) is 0 Å². The van der Waals surface area contributed by atoms with Crippen LogP contribution < -0.4 is 10.5 Å². The third-order valence-electron chi connectivity index (χ3n) is 2.79. The van der Waals surface area contributed by atoms with Gasteiger partial charge in [0.05, 0.1) is 7.11 Å². The molecule has 0 radical (unpaired) electrons. The summed E-state index contributed by atoms with van der Waals surface area (Å²) in [6.45, 7) is 0. The summed E-state index contributed by atoms with van der Waals surface area (Å²) in [6.07, 6.45) is 0. The highest BCUT2D eigenvalue weighted by atomic mass is 32.2. The number of nitrogens with two attached hydrogens (primary N) is 1. The summed E-state index contributed by atoms with van der Waals surface area (Å²) in [5.41, 5.74) is 7.01. The normalized spacial score (nSPS) is 22.2. The number of benzene rings is 1. The smallest absolute Gasteiger partial charge is 0.123 e. The number of hydrogen-bond donors (Lipinski definition) is 1. The van der Waals surface area contributed by atoms with Crippen LogP contribution in [0.1, 0.15) is 11.6 Å². The van der Waals surface area contributed by atoms with Gasteiger partial charge in [-0.3, -0.25) is 0 Å². The van der Waals surface area contributed by atoms with Crippen LogP contribution in [-0.4, -0.2) is 29.6 Å². The van der Waals surface area contributed by atoms with Crippen LogP contribution in [0.4, 0.5) is 4.39 Å². The molecular formula is C12H16FNOS2. The Bertz CT molecular complexity index is 383. The number of halogens is 1. The van der Waals surface area contributed by atoms with Crippen molar-refractivity contribution in [3.8, 4) is 5.75 Å². The SMILES string of the molecule is COc1ccc(F)cc1C(N)C1CSCCS1. The molecule has 1 aliphatic rings. The van der Waals surface area contributed by atoms with Crippen LogP contribution in [0.25, 0.3) is 0 Å². The zero-order valence-corrected chi connectivity index (χ0v) is 11.3. The lowest BCUT2D eigenvalue weighted by molar-refractivity contribution is 0.404. The number of hydrogen-bond acceptors (Lipinski definition) is 4. The quantitative estimate of drug-likeness (QED) is 0.918. The minimum Gasteiger partial charge on any atom is -0.496 e. The first-order chi connectivity index (χ1) is 8.22. The molecule has 1 saturated heterocycles. The molecule has 2 nitrogen and oxygen atoms in total. The highest BCUT2D eigenvalue weighted by Crippen LogP contribution is 2.35. The molecule has 2 rings (SSSR count). The summed E-state index contributed by atoms with van der Waals surface area (Å²) in [5, 5.41) is 0.337. The minimum absolute atomic E-state index is 0.168. The Labute approximate surface area is 109 Å². The molecule has 1 aromatic carbocycles. The van der Waals surface area contributed by atoms with Gasteiger partial charge < -0.3 is 10.5 Å². The molecule has 0 aromatic heterocycles. The first-order valence-electron chi connectivity index (χ1n) is 5.50. The van der Waals surface area contributed by atoms with Gasteiger partial charge in [-0.15, -0.1) is 0 Å². The van der Waals surface area contributed by atoms with Crippen molar-refractivity contribution >= 4 is 23.5 Å². The van der Waals surface area contributed by atoms with E-state index in [1.165, 1.54) is 17.9 Å². The van der Waals surface area contributed by atoms with Gasteiger partial charge in [0.2, 0.25) is 0 Å². The highest BCUT2D eigenvalue weighted by Gasteiger charge is 2.25. The third-order valence-corrected chi connectivity index (χ3v) is 5.68. The molecule has 2 N–H and O–H groups in total. The fraction of sp³-hybridized carbons (Fsp3) is 0.500. The molecule has 0 saturated carbocycles. The molecule has 2 unspecified atom stereocenters. The lowest BCUT2D eigenvalue weighted by atomic mass is 10.0. The van der Waals surface area contributed by atoms with Crippen LogP contribution in [0, 0.1) is 5.82 Å². The topological polar surface area (TPSA) is 35.2 Å². The van der Waals surface area contributed by atoms with Gasteiger partial charge in [-0.05, 0) is 18.2 Å². The maximum Gasteiger partial charge on any atom is 0.123 e. The third kappa shape index (κ3) is 3.09. The van der Waals surface area contributed by atoms with E-state index in [-0.39, 0.29) is 11.9 Å². The van der Waals surface area contributed by atoms with Crippen LogP contribution in [0.2, 0.25) is 0 Å². The second-order valence-electron chi connectivity index (χ2n) is 3.90. The predicted molar refractivity (Wildman–Crippen MR) is 73.5 cm³/mol. The molecule has 1 aliphatic heterocycles. The van der Waals surface area contributed by atoms with E-state index in [1.807, 2.05) is 23.5 Å². The molecule has 1 heterocycles. The van der Waals surface area contributed by atoms with Crippen molar-refractivity contribution in [2.24, 2.45) is 5.73 Å². The van der Waals surface area contributed by atoms with Crippen molar-refractivity contribution in [2.75, 3.05) is 24.4 Å². The van der Waals surface area contributed by atoms with E-state index in [0.29, 0.717) is 11.0 Å². The van der Waals surface area contributed by atoms with Crippen molar-refractivity contribution in [1.82, 2.24) is 0 Å². The molecule has 94 valence electrons. The minimum atomic E-state index is -0.260. The fourth-order valence-corrected chi connectivity index (χ4v) is 4.67. The van der Waals surface area contributed by atoms with Crippen LogP contribution in [0.15, 0.2) is 18.2 Å². The summed E-state index contributed by atoms with van der Waals surface area (Å²) in [6, 6.07) is 4.37. The van der Waals surface area contributed by atoms with Gasteiger partial charge >= 0.3 is 0 Å². The fourth-order valence-electron chi connectivity index (χ4n) is 1.88. The van der Waals surface area contributed by atoms with E-state index >= 15 is 0 Å². The summed E-state index contributed by atoms with van der Waals surface area (Å²) < 4.78 is 18.5. The first-order valence-corrected chi connectivity index (χ1v) is 7.71. The Hall–Kier alpha value is -0.390. The first kappa shape index (κ1) is 13.1. The number of rotatable bonds is 3. The van der Waals surface area contributed by atoms with Gasteiger partial charge in [0.15, 0.2) is 0 Å². The Morgan fingerprint density at radius 1 is 1.47 bits per heavy atom. The Kier molecular flexibility index (Phi) is 4.59. The van der Waals surface area contributed by atoms with Crippen molar-refractivity contribution in [3.05, 3.63) is 29.6 Å². The standard InChI is InChI=1S/C12H16FNOS2/c1-15-10-3-2-8(13)6-9(10)12(14)11-7-16-4-5-17-11/h2-3,6,11-12H,4-5,7,14H2,1H3. The van der Waals surface area contributed by atoms with Crippen molar-refractivity contribution < 1.29 is 9.13 Å². The van der Waals surface area contributed by atoms with E-state index in [4.69, 9.17) is 10.5 Å². The van der Waals surface area contributed by atoms with E-state index in [9.17, 15) is 4.39 Å². The van der Waals surface area contributed by atoms with Gasteiger partial charge in [-0.1, -0.05) is 0 Å². The maximum atomic E-state index is 13.3. The molecule has 0 spiro atoms. The lowest BCUT2D eigenvalue weighted by Crippen LogP contribution is -2.29. The summed E-state index contributed by atoms with van der Waals surface area (Å²) >= 11 is 3.78. The largest absolute Gasteiger partial charge is 0.496 e. The van der Waals surface area contributed by atoms with E-state index < -0.39 is 0 Å². The van der Waals surface area contributed by atoms with Gasteiger partial charge in [0.25, 0.3) is 0 Å². The van der Waals surface area contributed by atoms with Crippen molar-refractivity contribution in [2.45, 2.75) is 11.3 Å². The second-order valence-corrected chi connectivity index (χ2v) is 6.39. The zero-order chi connectivity index (χ0) is 12.3. The molecule has 1 fully saturated rings. The number of methoxy groups -OCH3 is 1. The summed E-state index contributed by atoms with van der Waals surface area (Å²) in [4.78, 5) is 0. The van der Waals surface area contributed by atoms with Crippen LogP contribution >= 0.6 is 23.5 Å². The van der Waals surface area contributed by atoms with Crippen LogP contribution in [0.3, 0.4) is 0 Å². The van der Waals surface area contributed by atoms with E-state index in [2.05, 4.69) is 0 Å². The molecule has 0 amide bonds. The van der Waals surface area contributed by atoms with Gasteiger partial charge in [0, 0.05) is 34.1 Å². The van der Waals surface area contributed by atoms with E-state index in [0.717, 1.165) is 17.1 Å². The molecule has 2 atom stereocenters. The molecule has 0 bridgehead atoms. The number of ether oxygens (including phenoxy) is 1. The Balaban J connectivity index is 2.21. The lowest BCUT2D eigenvalue weighted by Gasteiger charge is -2.27. The molecule has 0 aliphatic carbocycles. The van der Waals surface area contributed by atoms with Crippen LogP contribution in [-0.2, 0) is 0 Å². The second kappa shape index (κ2) is 5.98. The molecular weight excluding hydrogens is 257 g/mol. The van der Waals surface area contributed by atoms with E-state index in [1.54, 1.807) is 13.2 Å². The average Bonchev–Trinajstić information content (AvgIpc) is 2.39. The summed E-state index contributed by atoms with van der Waals surface area (Å²) in [5.74, 6) is 3.72. The Morgan fingerprint density at radius 2 is 2.29 bits per heavy atom. The van der Waals surface area contributed by atoms with Gasteiger partial charge in [0.1, 0.15) is 11.6 Å². The predicted octanol–water partition coefficient (Wildman–Crippen LogP) is 2.68. The number of thioether (sulfide) groups is 2. The maximum absolute atomic E-state index is 13.3. The van der Waals surface area contributed by atoms with Crippen LogP contribution in [0.5, 0.6) is 5.75 Å². The summed E-state index contributed by atoms with van der Waals surface area (Å²) in [7, 11) is 1.59. The average molecular weight is 273 g/mol. The molecule has 5 heteroatoms. The molecule has 1 aromatic rings. The monoisotopic (exact) mass is 273 g/mol.